The number of H-pyrrole nitrogens is 1. The minimum atomic E-state index is -0.471. The number of aromatic nitrogens is 1. The molecule has 29 heavy (non-hydrogen) atoms. The van der Waals surface area contributed by atoms with Crippen LogP contribution in [-0.2, 0) is 16.0 Å². The first-order valence-corrected chi connectivity index (χ1v) is 9.88. The molecule has 1 aromatic heterocycles. The highest BCUT2D eigenvalue weighted by atomic mass is 16.2. The van der Waals surface area contributed by atoms with Gasteiger partial charge in [0, 0.05) is 49.8 Å². The van der Waals surface area contributed by atoms with Crippen molar-refractivity contribution in [2.24, 2.45) is 0 Å². The molecule has 2 atom stereocenters. The molecule has 0 aliphatic carbocycles. The number of likely N-dealkylation sites (N-methyl/N-ethyl adjacent to an activating group) is 1. The van der Waals surface area contributed by atoms with Crippen molar-refractivity contribution in [3.05, 3.63) is 65.4 Å². The number of nitrogens with zero attached hydrogens (tertiary/aromatic N) is 3. The summed E-state index contributed by atoms with van der Waals surface area (Å²) in [5.41, 5.74) is 5.27. The van der Waals surface area contributed by atoms with Crippen LogP contribution < -0.4 is 4.90 Å². The maximum atomic E-state index is 13.1. The van der Waals surface area contributed by atoms with E-state index in [4.69, 9.17) is 0 Å². The Labute approximate surface area is 169 Å². The van der Waals surface area contributed by atoms with Crippen molar-refractivity contribution in [1.82, 2.24) is 14.8 Å². The lowest BCUT2D eigenvalue weighted by atomic mass is 9.86. The zero-order valence-electron chi connectivity index (χ0n) is 16.8. The van der Waals surface area contributed by atoms with Gasteiger partial charge in [-0.25, -0.2) is 0 Å². The van der Waals surface area contributed by atoms with E-state index >= 15 is 0 Å². The Morgan fingerprint density at radius 2 is 1.86 bits per heavy atom. The van der Waals surface area contributed by atoms with Gasteiger partial charge in [0.15, 0.2) is 0 Å². The Hall–Kier alpha value is -3.28. The van der Waals surface area contributed by atoms with E-state index in [0.29, 0.717) is 6.42 Å². The Morgan fingerprint density at radius 3 is 2.66 bits per heavy atom. The number of hydrogen-bond donors (Lipinski definition) is 1. The van der Waals surface area contributed by atoms with Crippen LogP contribution in [0.2, 0.25) is 0 Å². The molecule has 1 N–H and O–H groups in total. The van der Waals surface area contributed by atoms with Gasteiger partial charge >= 0.3 is 0 Å². The molecule has 148 valence electrons. The zero-order valence-corrected chi connectivity index (χ0v) is 16.8. The van der Waals surface area contributed by atoms with Crippen LogP contribution in [0.5, 0.6) is 0 Å². The number of fused-ring (bicyclic) bond motifs is 4. The molecular weight excluding hydrogens is 364 g/mol. The Bertz CT molecular complexity index is 1130. The summed E-state index contributed by atoms with van der Waals surface area (Å²) in [4.78, 5) is 35.1. The average molecular weight is 388 g/mol. The van der Waals surface area contributed by atoms with E-state index in [2.05, 4.69) is 23.2 Å². The molecule has 2 aliphatic heterocycles. The number of carbonyl (C=O) groups is 2. The number of anilines is 1. The standard InChI is InChI=1S/C23H24N4O2/c1-25(2)15-8-6-7-14(11-15)22-21-17(16-9-4-5-10-18(16)24-21)12-19-23(29)26(3)13-20(28)27(19)22/h4-11,19,22,24H,12-13H2,1-3H3/t19-,22-/m1/s1. The summed E-state index contributed by atoms with van der Waals surface area (Å²) in [5.74, 6) is -0.00374. The molecule has 2 aromatic carbocycles. The monoisotopic (exact) mass is 388 g/mol. The predicted octanol–water partition coefficient (Wildman–Crippen LogP) is 2.55. The topological polar surface area (TPSA) is 59.7 Å². The van der Waals surface area contributed by atoms with Crippen LogP contribution in [0.1, 0.15) is 22.9 Å². The van der Waals surface area contributed by atoms with Gasteiger partial charge in [0.25, 0.3) is 0 Å². The van der Waals surface area contributed by atoms with E-state index in [1.54, 1.807) is 16.8 Å². The molecule has 0 unspecified atom stereocenters. The number of piperazine rings is 1. The van der Waals surface area contributed by atoms with Crippen LogP contribution in [0.15, 0.2) is 48.5 Å². The molecule has 0 bridgehead atoms. The number of nitrogens with one attached hydrogen (secondary N) is 1. The fourth-order valence-electron chi connectivity index (χ4n) is 4.73. The first-order chi connectivity index (χ1) is 14.0. The van der Waals surface area contributed by atoms with Gasteiger partial charge in [0.1, 0.15) is 6.04 Å². The number of carbonyl (C=O) groups excluding carboxylic acids is 2. The first kappa shape index (κ1) is 17.8. The molecule has 0 saturated carbocycles. The van der Waals surface area contributed by atoms with Crippen LogP contribution in [-0.4, -0.2) is 60.3 Å². The molecular formula is C23H24N4O2. The van der Waals surface area contributed by atoms with E-state index < -0.39 is 6.04 Å². The van der Waals surface area contributed by atoms with Gasteiger partial charge in [0.05, 0.1) is 12.6 Å². The summed E-state index contributed by atoms with van der Waals surface area (Å²) >= 11 is 0. The van der Waals surface area contributed by atoms with Crippen molar-refractivity contribution in [2.75, 3.05) is 32.6 Å². The lowest BCUT2D eigenvalue weighted by molar-refractivity contribution is -0.157. The molecule has 2 aliphatic rings. The third-order valence-corrected chi connectivity index (χ3v) is 6.16. The first-order valence-electron chi connectivity index (χ1n) is 9.88. The summed E-state index contributed by atoms with van der Waals surface area (Å²) in [5, 5.41) is 1.13. The molecule has 0 radical (unpaired) electrons. The van der Waals surface area contributed by atoms with E-state index in [9.17, 15) is 9.59 Å². The molecule has 0 spiro atoms. The van der Waals surface area contributed by atoms with Gasteiger partial charge in [-0.1, -0.05) is 30.3 Å². The van der Waals surface area contributed by atoms with Crippen molar-refractivity contribution in [1.29, 1.82) is 0 Å². The highest BCUT2D eigenvalue weighted by Gasteiger charge is 2.47. The van der Waals surface area contributed by atoms with Gasteiger partial charge in [-0.3, -0.25) is 9.59 Å². The van der Waals surface area contributed by atoms with Gasteiger partial charge in [-0.15, -0.1) is 0 Å². The number of amides is 2. The minimum absolute atomic E-state index is 0.00861. The second-order valence-electron chi connectivity index (χ2n) is 8.17. The van der Waals surface area contributed by atoms with Gasteiger partial charge in [-0.2, -0.15) is 0 Å². The summed E-state index contributed by atoms with van der Waals surface area (Å²) in [6.45, 7) is 0.120. The van der Waals surface area contributed by atoms with E-state index in [0.717, 1.165) is 33.4 Å². The number of para-hydroxylation sites is 1. The molecule has 1 saturated heterocycles. The summed E-state index contributed by atoms with van der Waals surface area (Å²) in [6, 6.07) is 15.6. The lowest BCUT2D eigenvalue weighted by Gasteiger charge is -2.46. The zero-order chi connectivity index (χ0) is 20.3. The largest absolute Gasteiger partial charge is 0.378 e. The van der Waals surface area contributed by atoms with Crippen molar-refractivity contribution in [2.45, 2.75) is 18.5 Å². The Kier molecular flexibility index (Phi) is 3.91. The van der Waals surface area contributed by atoms with E-state index in [1.165, 1.54) is 0 Å². The lowest BCUT2D eigenvalue weighted by Crippen LogP contribution is -2.62. The molecule has 2 amide bonds. The van der Waals surface area contributed by atoms with E-state index in [1.807, 2.05) is 49.3 Å². The molecule has 3 aromatic rings. The minimum Gasteiger partial charge on any atom is -0.378 e. The second-order valence-corrected chi connectivity index (χ2v) is 8.17. The fraction of sp³-hybridized carbons (Fsp3) is 0.304. The summed E-state index contributed by atoms with van der Waals surface area (Å²) in [6.07, 6.45) is 0.540. The third kappa shape index (κ3) is 2.63. The van der Waals surface area contributed by atoms with Gasteiger partial charge in [0.2, 0.25) is 11.8 Å². The van der Waals surface area contributed by atoms with Gasteiger partial charge in [-0.05, 0) is 29.3 Å². The molecule has 6 heteroatoms. The fourth-order valence-corrected chi connectivity index (χ4v) is 4.73. The van der Waals surface area contributed by atoms with Gasteiger partial charge < -0.3 is 19.7 Å². The highest BCUT2D eigenvalue weighted by Crippen LogP contribution is 2.42. The van der Waals surface area contributed by atoms with Crippen LogP contribution in [0.25, 0.3) is 10.9 Å². The summed E-state index contributed by atoms with van der Waals surface area (Å²) < 4.78 is 0. The number of aromatic amines is 1. The van der Waals surface area contributed by atoms with E-state index in [-0.39, 0.29) is 24.4 Å². The Balaban J connectivity index is 1.75. The number of benzene rings is 2. The number of rotatable bonds is 2. The van der Waals surface area contributed by atoms with Crippen LogP contribution in [0, 0.1) is 0 Å². The third-order valence-electron chi connectivity index (χ3n) is 6.16. The quantitative estimate of drug-likeness (QED) is 0.734. The maximum Gasteiger partial charge on any atom is 0.245 e. The SMILES string of the molecule is CN1CC(=O)N2[C@H](c3cccc(N(C)C)c3)c3[nH]c4ccccc4c3C[C@@H]2C1=O. The molecule has 1 fully saturated rings. The summed E-state index contributed by atoms with van der Waals surface area (Å²) in [7, 11) is 5.72. The molecule has 3 heterocycles. The Morgan fingerprint density at radius 1 is 1.07 bits per heavy atom. The average Bonchev–Trinajstić information content (AvgIpc) is 3.09. The van der Waals surface area contributed by atoms with Crippen molar-refractivity contribution in [3.8, 4) is 0 Å². The maximum absolute atomic E-state index is 13.1. The van der Waals surface area contributed by atoms with Crippen LogP contribution in [0.4, 0.5) is 5.69 Å². The predicted molar refractivity (Wildman–Crippen MR) is 113 cm³/mol. The molecule has 5 rings (SSSR count). The van der Waals surface area contributed by atoms with Crippen molar-refractivity contribution in [3.63, 3.8) is 0 Å². The van der Waals surface area contributed by atoms with Crippen LogP contribution >= 0.6 is 0 Å². The molecule has 6 nitrogen and oxygen atoms in total. The smallest absolute Gasteiger partial charge is 0.245 e. The normalized spacial score (nSPS) is 21.3. The number of hydrogen-bond acceptors (Lipinski definition) is 3. The van der Waals surface area contributed by atoms with Crippen molar-refractivity contribution >= 4 is 28.4 Å². The second kappa shape index (κ2) is 6.37. The van der Waals surface area contributed by atoms with Crippen molar-refractivity contribution < 1.29 is 9.59 Å². The highest BCUT2D eigenvalue weighted by molar-refractivity contribution is 5.97. The van der Waals surface area contributed by atoms with Crippen LogP contribution in [0.3, 0.4) is 0 Å².